The van der Waals surface area contributed by atoms with Gasteiger partial charge >= 0.3 is 0 Å². The van der Waals surface area contributed by atoms with Crippen molar-refractivity contribution in [2.24, 2.45) is 5.10 Å². The van der Waals surface area contributed by atoms with Crippen molar-refractivity contribution in [3.63, 3.8) is 0 Å². The molecule has 0 saturated carbocycles. The van der Waals surface area contributed by atoms with Crippen LogP contribution in [0.4, 0.5) is 0 Å². The normalized spacial score (nSPS) is 11.0. The number of carbonyl (C=O) groups is 1. The molecule has 1 amide bonds. The Hall–Kier alpha value is -2.91. The van der Waals surface area contributed by atoms with E-state index >= 15 is 0 Å². The largest absolute Gasteiger partial charge is 0.496 e. The smallest absolute Gasteiger partial charge is 0.271 e. The molecule has 1 N–H and O–H groups in total. The van der Waals surface area contributed by atoms with Crippen LogP contribution in [0.3, 0.4) is 0 Å². The number of nitrogens with one attached hydrogen (secondary N) is 1. The van der Waals surface area contributed by atoms with Gasteiger partial charge in [-0.2, -0.15) is 5.10 Å². The van der Waals surface area contributed by atoms with Crippen molar-refractivity contribution in [2.75, 3.05) is 7.11 Å². The SMILES string of the molecule is COc1cc(C(=O)N/N=C\c2ccc(OCc3cccc4ccccc34)c(Br)c2)ccc1I. The molecule has 0 aliphatic heterocycles. The molecule has 7 heteroatoms. The molecule has 4 aromatic rings. The predicted molar refractivity (Wildman–Crippen MR) is 143 cm³/mol. The van der Waals surface area contributed by atoms with Gasteiger partial charge in [-0.1, -0.05) is 42.5 Å². The number of hydrazone groups is 1. The van der Waals surface area contributed by atoms with Gasteiger partial charge in [-0.3, -0.25) is 4.79 Å². The van der Waals surface area contributed by atoms with Crippen LogP contribution in [-0.4, -0.2) is 19.2 Å². The summed E-state index contributed by atoms with van der Waals surface area (Å²) in [5, 5.41) is 6.44. The van der Waals surface area contributed by atoms with Gasteiger partial charge in [-0.15, -0.1) is 0 Å². The van der Waals surface area contributed by atoms with Gasteiger partial charge in [0.05, 0.1) is 21.4 Å². The number of fused-ring (bicyclic) bond motifs is 1. The Labute approximate surface area is 214 Å². The lowest BCUT2D eigenvalue weighted by Crippen LogP contribution is -2.17. The van der Waals surface area contributed by atoms with Crippen LogP contribution in [0.25, 0.3) is 10.8 Å². The number of hydrogen-bond acceptors (Lipinski definition) is 4. The standard InChI is InChI=1S/C26H20BrIN2O3/c1-32-25-14-19(10-11-23(25)28)26(31)30-29-15-17-9-12-24(22(27)13-17)33-16-20-7-4-6-18-5-2-3-8-21(18)20/h2-15H,16H2,1H3,(H,30,31)/b29-15-. The Balaban J connectivity index is 1.39. The molecule has 0 fully saturated rings. The maximum Gasteiger partial charge on any atom is 0.271 e. The Morgan fingerprint density at radius 2 is 1.85 bits per heavy atom. The first-order valence-electron chi connectivity index (χ1n) is 10.1. The molecule has 33 heavy (non-hydrogen) atoms. The van der Waals surface area contributed by atoms with Crippen LogP contribution < -0.4 is 14.9 Å². The number of methoxy groups -OCH3 is 1. The number of amides is 1. The third-order valence-electron chi connectivity index (χ3n) is 5.01. The maximum absolute atomic E-state index is 12.3. The van der Waals surface area contributed by atoms with Crippen molar-refractivity contribution < 1.29 is 14.3 Å². The van der Waals surface area contributed by atoms with Crippen LogP contribution >= 0.6 is 38.5 Å². The molecular weight excluding hydrogens is 595 g/mol. The molecule has 0 heterocycles. The van der Waals surface area contributed by atoms with Crippen LogP contribution in [0.1, 0.15) is 21.5 Å². The van der Waals surface area contributed by atoms with Crippen LogP contribution in [-0.2, 0) is 6.61 Å². The number of rotatable bonds is 7. The highest BCUT2D eigenvalue weighted by Crippen LogP contribution is 2.28. The highest BCUT2D eigenvalue weighted by molar-refractivity contribution is 14.1. The average Bonchev–Trinajstić information content (AvgIpc) is 2.83. The van der Waals surface area contributed by atoms with Crippen LogP contribution in [0.2, 0.25) is 0 Å². The Morgan fingerprint density at radius 3 is 2.67 bits per heavy atom. The quantitative estimate of drug-likeness (QED) is 0.146. The first-order chi connectivity index (χ1) is 16.0. The van der Waals surface area contributed by atoms with Crippen LogP contribution in [0.15, 0.2) is 88.4 Å². The average molecular weight is 615 g/mol. The molecular formula is C26H20BrIN2O3. The van der Waals surface area contributed by atoms with Crippen molar-refractivity contribution in [2.45, 2.75) is 6.61 Å². The van der Waals surface area contributed by atoms with E-state index in [0.29, 0.717) is 17.9 Å². The maximum atomic E-state index is 12.3. The summed E-state index contributed by atoms with van der Waals surface area (Å²) in [7, 11) is 1.57. The van der Waals surface area contributed by atoms with E-state index < -0.39 is 0 Å². The molecule has 0 saturated heterocycles. The number of carbonyl (C=O) groups excluding carboxylic acids is 1. The Morgan fingerprint density at radius 1 is 1.03 bits per heavy atom. The first-order valence-corrected chi connectivity index (χ1v) is 12.0. The zero-order chi connectivity index (χ0) is 23.2. The summed E-state index contributed by atoms with van der Waals surface area (Å²) in [6, 6.07) is 25.4. The Kier molecular flexibility index (Phi) is 7.61. The summed E-state index contributed by atoms with van der Waals surface area (Å²) >= 11 is 5.72. The van der Waals surface area contributed by atoms with E-state index in [-0.39, 0.29) is 5.91 Å². The number of ether oxygens (including phenoxy) is 2. The van der Waals surface area contributed by atoms with E-state index in [1.165, 1.54) is 10.8 Å². The topological polar surface area (TPSA) is 59.9 Å². The molecule has 5 nitrogen and oxygen atoms in total. The number of halogens is 2. The van der Waals surface area contributed by atoms with Gasteiger partial charge in [0, 0.05) is 5.56 Å². The van der Waals surface area contributed by atoms with Crippen molar-refractivity contribution >= 4 is 61.4 Å². The summed E-state index contributed by atoms with van der Waals surface area (Å²) in [6.45, 7) is 0.461. The molecule has 0 bridgehead atoms. The van der Waals surface area contributed by atoms with E-state index in [0.717, 1.165) is 24.9 Å². The lowest BCUT2D eigenvalue weighted by Gasteiger charge is -2.11. The lowest BCUT2D eigenvalue weighted by molar-refractivity contribution is 0.0954. The van der Waals surface area contributed by atoms with Gasteiger partial charge in [0.25, 0.3) is 5.91 Å². The summed E-state index contributed by atoms with van der Waals surface area (Å²) in [5.41, 5.74) is 4.96. The van der Waals surface area contributed by atoms with Crippen LogP contribution in [0.5, 0.6) is 11.5 Å². The third-order valence-corrected chi connectivity index (χ3v) is 6.52. The van der Waals surface area contributed by atoms with Gasteiger partial charge in [-0.25, -0.2) is 5.43 Å². The van der Waals surface area contributed by atoms with Gasteiger partial charge in [0.1, 0.15) is 18.1 Å². The first kappa shape index (κ1) is 23.3. The van der Waals surface area contributed by atoms with Crippen molar-refractivity contribution in [3.8, 4) is 11.5 Å². The second-order valence-electron chi connectivity index (χ2n) is 7.17. The summed E-state index contributed by atoms with van der Waals surface area (Å²) in [5.74, 6) is 1.07. The molecule has 0 spiro atoms. The molecule has 0 radical (unpaired) electrons. The third kappa shape index (κ3) is 5.72. The fraction of sp³-hybridized carbons (Fsp3) is 0.0769. The fourth-order valence-electron chi connectivity index (χ4n) is 3.32. The Bertz CT molecular complexity index is 1340. The predicted octanol–water partition coefficient (Wildman–Crippen LogP) is 6.56. The number of nitrogens with zero attached hydrogens (tertiary/aromatic N) is 1. The molecule has 0 aliphatic rings. The van der Waals surface area contributed by atoms with Gasteiger partial charge in [0.15, 0.2) is 0 Å². The van der Waals surface area contributed by atoms with E-state index in [1.807, 2.05) is 42.5 Å². The summed E-state index contributed by atoms with van der Waals surface area (Å²) < 4.78 is 13.0. The van der Waals surface area contributed by atoms with Gasteiger partial charge in [0.2, 0.25) is 0 Å². The zero-order valence-corrected chi connectivity index (χ0v) is 21.5. The zero-order valence-electron chi connectivity index (χ0n) is 17.7. The second kappa shape index (κ2) is 10.8. The highest BCUT2D eigenvalue weighted by Gasteiger charge is 2.09. The van der Waals surface area contributed by atoms with Crippen molar-refractivity contribution in [1.29, 1.82) is 0 Å². The monoisotopic (exact) mass is 614 g/mol. The molecule has 0 unspecified atom stereocenters. The summed E-state index contributed by atoms with van der Waals surface area (Å²) in [6.07, 6.45) is 1.58. The molecule has 4 rings (SSSR count). The van der Waals surface area contributed by atoms with E-state index in [9.17, 15) is 4.79 Å². The second-order valence-corrected chi connectivity index (χ2v) is 9.18. The van der Waals surface area contributed by atoms with E-state index in [4.69, 9.17) is 9.47 Å². The van der Waals surface area contributed by atoms with Crippen molar-refractivity contribution in [3.05, 3.63) is 104 Å². The minimum absolute atomic E-state index is 0.310. The number of hydrogen-bond donors (Lipinski definition) is 1. The molecule has 0 aromatic heterocycles. The van der Waals surface area contributed by atoms with E-state index in [1.54, 1.807) is 25.5 Å². The lowest BCUT2D eigenvalue weighted by atomic mass is 10.1. The fourth-order valence-corrected chi connectivity index (χ4v) is 4.39. The summed E-state index contributed by atoms with van der Waals surface area (Å²) in [4.78, 5) is 12.3. The van der Waals surface area contributed by atoms with Crippen molar-refractivity contribution in [1.82, 2.24) is 5.43 Å². The minimum atomic E-state index is -0.310. The van der Waals surface area contributed by atoms with Crippen LogP contribution in [0, 0.1) is 3.57 Å². The highest BCUT2D eigenvalue weighted by atomic mass is 127. The van der Waals surface area contributed by atoms with Gasteiger partial charge < -0.3 is 9.47 Å². The molecule has 0 atom stereocenters. The minimum Gasteiger partial charge on any atom is -0.496 e. The molecule has 4 aromatic carbocycles. The molecule has 0 aliphatic carbocycles. The van der Waals surface area contributed by atoms with Gasteiger partial charge in [-0.05, 0) is 96.8 Å². The number of benzene rings is 4. The molecule has 166 valence electrons. The van der Waals surface area contributed by atoms with E-state index in [2.05, 4.69) is 73.3 Å².